The SMILES string of the molecule is CN=C(NCCCSc1ccc(F)cc1)NCc1ccc(N2CCOC(C)C2)nc1.I. The average Bonchev–Trinajstić information content (AvgIpc) is 2.77. The minimum Gasteiger partial charge on any atom is -0.375 e. The highest BCUT2D eigenvalue weighted by atomic mass is 127. The van der Waals surface area contributed by atoms with E-state index in [1.165, 1.54) is 12.1 Å². The van der Waals surface area contributed by atoms with Gasteiger partial charge in [-0.2, -0.15) is 0 Å². The van der Waals surface area contributed by atoms with Gasteiger partial charge in [-0.15, -0.1) is 35.7 Å². The number of rotatable bonds is 8. The Morgan fingerprint density at radius 1 is 1.26 bits per heavy atom. The number of benzene rings is 1. The van der Waals surface area contributed by atoms with Crippen molar-refractivity contribution in [3.05, 3.63) is 54.0 Å². The Bertz CT molecular complexity index is 807. The monoisotopic (exact) mass is 559 g/mol. The van der Waals surface area contributed by atoms with Crippen LogP contribution in [0.3, 0.4) is 0 Å². The number of anilines is 1. The lowest BCUT2D eigenvalue weighted by Gasteiger charge is -2.32. The van der Waals surface area contributed by atoms with Crippen molar-refractivity contribution in [2.45, 2.75) is 30.9 Å². The Morgan fingerprint density at radius 3 is 2.74 bits per heavy atom. The van der Waals surface area contributed by atoms with Crippen molar-refractivity contribution in [3.8, 4) is 0 Å². The summed E-state index contributed by atoms with van der Waals surface area (Å²) in [6, 6.07) is 10.8. The lowest BCUT2D eigenvalue weighted by molar-refractivity contribution is 0.0529. The first-order valence-electron chi connectivity index (χ1n) is 10.3. The molecule has 6 nitrogen and oxygen atoms in total. The van der Waals surface area contributed by atoms with E-state index in [0.29, 0.717) is 6.54 Å². The minimum absolute atomic E-state index is 0. The fourth-order valence-electron chi connectivity index (χ4n) is 3.14. The first-order chi connectivity index (χ1) is 14.6. The predicted molar refractivity (Wildman–Crippen MR) is 137 cm³/mol. The van der Waals surface area contributed by atoms with Crippen LogP contribution in [0.2, 0.25) is 0 Å². The van der Waals surface area contributed by atoms with Crippen LogP contribution in [0.15, 0.2) is 52.5 Å². The highest BCUT2D eigenvalue weighted by Gasteiger charge is 2.17. The number of morpholine rings is 1. The van der Waals surface area contributed by atoms with Gasteiger partial charge in [0, 0.05) is 44.3 Å². The Hall–Kier alpha value is -1.59. The number of hydrogen-bond donors (Lipinski definition) is 2. The number of guanidine groups is 1. The van der Waals surface area contributed by atoms with Crippen molar-refractivity contribution in [2.75, 3.05) is 43.9 Å². The highest BCUT2D eigenvalue weighted by molar-refractivity contribution is 14.0. The number of nitrogens with zero attached hydrogens (tertiary/aromatic N) is 3. The standard InChI is InChI=1S/C22H30FN5OS.HI/c1-17-16-28(11-12-29-17)21-9-4-18(14-26-21)15-27-22(24-2)25-10-3-13-30-20-7-5-19(23)6-8-20;/h4-9,14,17H,3,10-13,15-16H2,1-2H3,(H2,24,25,27);1H. The van der Waals surface area contributed by atoms with Crippen LogP contribution >= 0.6 is 35.7 Å². The molecule has 0 aliphatic carbocycles. The summed E-state index contributed by atoms with van der Waals surface area (Å²) < 4.78 is 18.5. The molecular weight excluding hydrogens is 528 g/mol. The lowest BCUT2D eigenvalue weighted by atomic mass is 10.2. The van der Waals surface area contributed by atoms with Gasteiger partial charge in [0.25, 0.3) is 0 Å². The number of thioether (sulfide) groups is 1. The molecule has 2 N–H and O–H groups in total. The molecular formula is C22H31FIN5OS. The third-order valence-corrected chi connectivity index (χ3v) is 5.85. The highest BCUT2D eigenvalue weighted by Crippen LogP contribution is 2.18. The van der Waals surface area contributed by atoms with Crippen LogP contribution < -0.4 is 15.5 Å². The second-order valence-electron chi connectivity index (χ2n) is 7.16. The van der Waals surface area contributed by atoms with Gasteiger partial charge in [-0.25, -0.2) is 9.37 Å². The maximum absolute atomic E-state index is 12.9. The summed E-state index contributed by atoms with van der Waals surface area (Å²) in [5.41, 5.74) is 1.11. The molecule has 0 saturated carbocycles. The predicted octanol–water partition coefficient (Wildman–Crippen LogP) is 3.91. The zero-order chi connectivity index (χ0) is 21.2. The molecule has 31 heavy (non-hydrogen) atoms. The molecule has 1 aromatic carbocycles. The van der Waals surface area contributed by atoms with Crippen LogP contribution in [-0.4, -0.2) is 56.1 Å². The maximum atomic E-state index is 12.9. The molecule has 170 valence electrons. The summed E-state index contributed by atoms with van der Waals surface area (Å²) in [6.07, 6.45) is 3.14. The Kier molecular flexibility index (Phi) is 11.4. The summed E-state index contributed by atoms with van der Waals surface area (Å²) in [7, 11) is 1.77. The summed E-state index contributed by atoms with van der Waals surface area (Å²) in [5.74, 6) is 2.53. The molecule has 0 bridgehead atoms. The Balaban J connectivity index is 0.00000341. The average molecular weight is 559 g/mol. The molecule has 0 spiro atoms. The minimum atomic E-state index is -0.198. The number of hydrogen-bond acceptors (Lipinski definition) is 5. The van der Waals surface area contributed by atoms with Crippen molar-refractivity contribution < 1.29 is 9.13 Å². The molecule has 1 aliphatic rings. The molecule has 0 radical (unpaired) electrons. The second kappa shape index (κ2) is 13.7. The van der Waals surface area contributed by atoms with Crippen molar-refractivity contribution in [2.24, 2.45) is 4.99 Å². The van der Waals surface area contributed by atoms with Crippen LogP contribution in [-0.2, 0) is 11.3 Å². The first-order valence-corrected chi connectivity index (χ1v) is 11.3. The van der Waals surface area contributed by atoms with E-state index in [1.807, 2.05) is 18.3 Å². The van der Waals surface area contributed by atoms with E-state index < -0.39 is 0 Å². The van der Waals surface area contributed by atoms with E-state index in [2.05, 4.69) is 44.6 Å². The normalized spacial score (nSPS) is 16.5. The van der Waals surface area contributed by atoms with Gasteiger partial charge in [-0.1, -0.05) is 6.07 Å². The van der Waals surface area contributed by atoms with E-state index >= 15 is 0 Å². The van der Waals surface area contributed by atoms with Gasteiger partial charge in [0.1, 0.15) is 11.6 Å². The van der Waals surface area contributed by atoms with Crippen LogP contribution in [0.1, 0.15) is 18.9 Å². The number of ether oxygens (including phenoxy) is 1. The van der Waals surface area contributed by atoms with Gasteiger partial charge in [0.05, 0.1) is 12.7 Å². The molecule has 1 atom stereocenters. The number of nitrogens with one attached hydrogen (secondary N) is 2. The molecule has 1 saturated heterocycles. The number of aromatic nitrogens is 1. The molecule has 1 aromatic heterocycles. The molecule has 3 rings (SSSR count). The summed E-state index contributed by atoms with van der Waals surface area (Å²) in [5, 5.41) is 6.65. The van der Waals surface area contributed by atoms with Crippen molar-refractivity contribution in [3.63, 3.8) is 0 Å². The van der Waals surface area contributed by atoms with Crippen molar-refractivity contribution in [1.29, 1.82) is 0 Å². The van der Waals surface area contributed by atoms with Gasteiger partial charge in [0.2, 0.25) is 0 Å². The molecule has 0 amide bonds. The smallest absolute Gasteiger partial charge is 0.191 e. The quantitative estimate of drug-likeness (QED) is 0.168. The van der Waals surface area contributed by atoms with Crippen LogP contribution in [0, 0.1) is 5.82 Å². The van der Waals surface area contributed by atoms with E-state index in [1.54, 1.807) is 18.8 Å². The summed E-state index contributed by atoms with van der Waals surface area (Å²) >= 11 is 1.72. The van der Waals surface area contributed by atoms with E-state index in [0.717, 1.165) is 60.7 Å². The van der Waals surface area contributed by atoms with Crippen molar-refractivity contribution in [1.82, 2.24) is 15.6 Å². The van der Waals surface area contributed by atoms with Gasteiger partial charge in [-0.05, 0) is 55.0 Å². The van der Waals surface area contributed by atoms with Crippen LogP contribution in [0.5, 0.6) is 0 Å². The van der Waals surface area contributed by atoms with Crippen LogP contribution in [0.25, 0.3) is 0 Å². The maximum Gasteiger partial charge on any atom is 0.191 e. The van der Waals surface area contributed by atoms with E-state index in [-0.39, 0.29) is 35.9 Å². The molecule has 1 fully saturated rings. The zero-order valence-electron chi connectivity index (χ0n) is 18.0. The molecule has 2 aromatic rings. The Labute approximate surface area is 205 Å². The van der Waals surface area contributed by atoms with Gasteiger partial charge >= 0.3 is 0 Å². The van der Waals surface area contributed by atoms with Gasteiger partial charge in [-0.3, -0.25) is 4.99 Å². The second-order valence-corrected chi connectivity index (χ2v) is 8.33. The van der Waals surface area contributed by atoms with Crippen molar-refractivity contribution >= 4 is 47.5 Å². The fourth-order valence-corrected chi connectivity index (χ4v) is 3.99. The number of halogens is 2. The summed E-state index contributed by atoms with van der Waals surface area (Å²) in [4.78, 5) is 12.2. The summed E-state index contributed by atoms with van der Waals surface area (Å²) in [6.45, 7) is 6.07. The molecule has 2 heterocycles. The first kappa shape index (κ1) is 25.7. The molecule has 1 aliphatic heterocycles. The third-order valence-electron chi connectivity index (χ3n) is 4.75. The third kappa shape index (κ3) is 8.82. The van der Waals surface area contributed by atoms with Gasteiger partial charge < -0.3 is 20.3 Å². The zero-order valence-corrected chi connectivity index (χ0v) is 21.2. The fraction of sp³-hybridized carbons (Fsp3) is 0.455. The van der Waals surface area contributed by atoms with E-state index in [4.69, 9.17) is 4.74 Å². The largest absolute Gasteiger partial charge is 0.375 e. The van der Waals surface area contributed by atoms with E-state index in [9.17, 15) is 4.39 Å². The number of pyridine rings is 1. The molecule has 1 unspecified atom stereocenters. The lowest BCUT2D eigenvalue weighted by Crippen LogP contribution is -2.41. The topological polar surface area (TPSA) is 61.8 Å². The number of aliphatic imine (C=N–C) groups is 1. The Morgan fingerprint density at radius 2 is 2.06 bits per heavy atom. The molecule has 9 heteroatoms. The van der Waals surface area contributed by atoms with Crippen LogP contribution in [0.4, 0.5) is 10.2 Å². The van der Waals surface area contributed by atoms with Gasteiger partial charge in [0.15, 0.2) is 5.96 Å².